The molecule has 144 valence electrons. The average Bonchev–Trinajstić information content (AvgIpc) is 2.67. The molecule has 1 saturated heterocycles. The third kappa shape index (κ3) is 5.61. The number of piperazine rings is 1. The van der Waals surface area contributed by atoms with Crippen LogP contribution in [0.4, 0.5) is 4.39 Å². The maximum atomic E-state index is 13.5. The van der Waals surface area contributed by atoms with E-state index in [2.05, 4.69) is 44.0 Å². The second kappa shape index (κ2) is 9.44. The first-order valence-electron chi connectivity index (χ1n) is 9.31. The predicted molar refractivity (Wildman–Crippen MR) is 109 cm³/mol. The maximum absolute atomic E-state index is 13.5. The zero-order valence-electron chi connectivity index (χ0n) is 15.5. The molecule has 0 radical (unpaired) electrons. The third-order valence-corrected chi connectivity index (χ3v) is 5.45. The zero-order valence-corrected chi connectivity index (χ0v) is 17.1. The zero-order chi connectivity index (χ0) is 19.2. The highest BCUT2D eigenvalue weighted by Gasteiger charge is 2.17. The highest BCUT2D eigenvalue weighted by Crippen LogP contribution is 2.16. The van der Waals surface area contributed by atoms with E-state index in [-0.39, 0.29) is 5.91 Å². The van der Waals surface area contributed by atoms with Crippen molar-refractivity contribution in [1.29, 1.82) is 0 Å². The Bertz CT molecular complexity index is 770. The van der Waals surface area contributed by atoms with E-state index in [1.165, 1.54) is 17.7 Å². The third-order valence-electron chi connectivity index (χ3n) is 4.99. The van der Waals surface area contributed by atoms with Gasteiger partial charge in [-0.25, -0.2) is 4.39 Å². The molecular formula is C21H25BrFN3O. The number of amides is 1. The number of hydrogen-bond donors (Lipinski definition) is 1. The number of carbonyl (C=O) groups is 1. The summed E-state index contributed by atoms with van der Waals surface area (Å²) in [5.41, 5.74) is 2.64. The number of halogens is 2. The molecule has 27 heavy (non-hydrogen) atoms. The van der Waals surface area contributed by atoms with Gasteiger partial charge in [-0.05, 0) is 35.9 Å². The highest BCUT2D eigenvalue weighted by atomic mass is 79.9. The molecule has 0 aliphatic carbocycles. The number of likely N-dealkylation sites (N-methyl/N-ethyl adjacent to an activating group) is 1. The number of rotatable bonds is 6. The fraction of sp³-hybridized carbons (Fsp3) is 0.381. The van der Waals surface area contributed by atoms with Crippen LogP contribution in [0.2, 0.25) is 0 Å². The molecule has 1 N–H and O–H groups in total. The molecule has 6 heteroatoms. The minimum absolute atomic E-state index is 0.276. The van der Waals surface area contributed by atoms with Crippen molar-refractivity contribution in [2.45, 2.75) is 20.0 Å². The van der Waals surface area contributed by atoms with Crippen LogP contribution in [0.5, 0.6) is 0 Å². The van der Waals surface area contributed by atoms with Crippen LogP contribution < -0.4 is 5.32 Å². The summed E-state index contributed by atoms with van der Waals surface area (Å²) >= 11 is 3.22. The summed E-state index contributed by atoms with van der Waals surface area (Å²) in [5.74, 6) is -0.706. The largest absolute Gasteiger partial charge is 0.348 e. The molecule has 4 nitrogen and oxygen atoms in total. The van der Waals surface area contributed by atoms with Crippen LogP contribution in [0, 0.1) is 5.82 Å². The van der Waals surface area contributed by atoms with Crippen LogP contribution in [-0.2, 0) is 13.1 Å². The molecule has 1 amide bonds. The lowest BCUT2D eigenvalue weighted by Crippen LogP contribution is -2.45. The number of nitrogens with zero attached hydrogens (tertiary/aromatic N) is 2. The molecule has 1 fully saturated rings. The predicted octanol–water partition coefficient (Wildman–Crippen LogP) is 3.66. The Hall–Kier alpha value is -1.76. The van der Waals surface area contributed by atoms with Crippen LogP contribution in [-0.4, -0.2) is 48.4 Å². The second-order valence-corrected chi connectivity index (χ2v) is 7.74. The fourth-order valence-electron chi connectivity index (χ4n) is 3.35. The molecule has 2 aromatic carbocycles. The first kappa shape index (κ1) is 20.0. The van der Waals surface area contributed by atoms with Crippen molar-refractivity contribution in [3.63, 3.8) is 0 Å². The normalized spacial score (nSPS) is 15.7. The summed E-state index contributed by atoms with van der Waals surface area (Å²) in [6.07, 6.45) is 0. The van der Waals surface area contributed by atoms with Gasteiger partial charge < -0.3 is 10.2 Å². The Morgan fingerprint density at radius 3 is 2.41 bits per heavy atom. The summed E-state index contributed by atoms with van der Waals surface area (Å²) in [4.78, 5) is 17.3. The summed E-state index contributed by atoms with van der Waals surface area (Å²) in [6, 6.07) is 12.4. The molecule has 2 aromatic rings. The number of carbonyl (C=O) groups excluding carboxylic acids is 1. The first-order chi connectivity index (χ1) is 13.0. The molecule has 0 saturated carbocycles. The quantitative estimate of drug-likeness (QED) is 0.754. The summed E-state index contributed by atoms with van der Waals surface area (Å²) < 4.78 is 14.1. The molecule has 0 aromatic heterocycles. The minimum atomic E-state index is -0.429. The minimum Gasteiger partial charge on any atom is -0.348 e. The lowest BCUT2D eigenvalue weighted by molar-refractivity contribution is 0.0950. The Morgan fingerprint density at radius 1 is 1.07 bits per heavy atom. The van der Waals surface area contributed by atoms with E-state index in [0.717, 1.165) is 44.8 Å². The van der Waals surface area contributed by atoms with Gasteiger partial charge in [0, 0.05) is 49.3 Å². The van der Waals surface area contributed by atoms with Crippen molar-refractivity contribution in [3.05, 3.63) is 69.4 Å². The van der Waals surface area contributed by atoms with Crippen LogP contribution in [0.25, 0.3) is 0 Å². The number of hydrogen-bond acceptors (Lipinski definition) is 3. The molecule has 0 unspecified atom stereocenters. The smallest absolute Gasteiger partial charge is 0.251 e. The topological polar surface area (TPSA) is 35.6 Å². The van der Waals surface area contributed by atoms with E-state index in [9.17, 15) is 9.18 Å². The Labute approximate surface area is 168 Å². The van der Waals surface area contributed by atoms with Gasteiger partial charge in [0.1, 0.15) is 5.82 Å². The summed E-state index contributed by atoms with van der Waals surface area (Å²) in [6.45, 7) is 8.94. The van der Waals surface area contributed by atoms with E-state index < -0.39 is 5.82 Å². The van der Waals surface area contributed by atoms with Crippen molar-refractivity contribution in [2.75, 3.05) is 32.7 Å². The van der Waals surface area contributed by atoms with Gasteiger partial charge in [0.2, 0.25) is 0 Å². The van der Waals surface area contributed by atoms with Crippen LogP contribution in [0.15, 0.2) is 46.9 Å². The number of nitrogens with one attached hydrogen (secondary N) is 1. The van der Waals surface area contributed by atoms with Crippen molar-refractivity contribution >= 4 is 21.8 Å². The molecule has 1 aliphatic rings. The molecule has 0 bridgehead atoms. The Kier molecular flexibility index (Phi) is 6.99. The molecule has 1 aliphatic heterocycles. The van der Waals surface area contributed by atoms with E-state index >= 15 is 0 Å². The van der Waals surface area contributed by atoms with E-state index in [4.69, 9.17) is 0 Å². The van der Waals surface area contributed by atoms with Gasteiger partial charge in [0.15, 0.2) is 0 Å². The Morgan fingerprint density at radius 2 is 1.74 bits per heavy atom. The molecule has 3 rings (SSSR count). The lowest BCUT2D eigenvalue weighted by atomic mass is 10.1. The SMILES string of the molecule is CCN1CCN(Cc2ccccc2CNC(=O)c2cc(F)cc(Br)c2)CC1. The van der Waals surface area contributed by atoms with Gasteiger partial charge in [0.05, 0.1) is 0 Å². The van der Waals surface area contributed by atoms with Gasteiger partial charge in [-0.1, -0.05) is 47.1 Å². The number of benzene rings is 2. The lowest BCUT2D eigenvalue weighted by Gasteiger charge is -2.34. The Balaban J connectivity index is 1.61. The van der Waals surface area contributed by atoms with Gasteiger partial charge in [-0.2, -0.15) is 0 Å². The van der Waals surface area contributed by atoms with Gasteiger partial charge in [-0.3, -0.25) is 9.69 Å². The molecular weight excluding hydrogens is 409 g/mol. The molecule has 0 spiro atoms. The fourth-order valence-corrected chi connectivity index (χ4v) is 3.82. The van der Waals surface area contributed by atoms with Crippen LogP contribution in [0.1, 0.15) is 28.4 Å². The van der Waals surface area contributed by atoms with E-state index in [1.54, 1.807) is 6.07 Å². The average molecular weight is 434 g/mol. The summed E-state index contributed by atoms with van der Waals surface area (Å²) in [7, 11) is 0. The highest BCUT2D eigenvalue weighted by molar-refractivity contribution is 9.10. The van der Waals surface area contributed by atoms with Crippen LogP contribution >= 0.6 is 15.9 Å². The van der Waals surface area contributed by atoms with Crippen molar-refractivity contribution in [3.8, 4) is 0 Å². The van der Waals surface area contributed by atoms with Crippen LogP contribution in [0.3, 0.4) is 0 Å². The molecule has 0 atom stereocenters. The molecule has 1 heterocycles. The van der Waals surface area contributed by atoms with E-state index in [0.29, 0.717) is 16.6 Å². The van der Waals surface area contributed by atoms with E-state index in [1.807, 2.05) is 18.2 Å². The van der Waals surface area contributed by atoms with Gasteiger partial charge in [-0.15, -0.1) is 0 Å². The standard InChI is InChI=1S/C21H25BrFN3O/c1-2-25-7-9-26(10-8-25)15-17-6-4-3-5-16(17)14-24-21(27)18-11-19(22)13-20(23)12-18/h3-6,11-13H,2,7-10,14-15H2,1H3,(H,24,27). The van der Waals surface area contributed by atoms with Gasteiger partial charge in [0.25, 0.3) is 5.91 Å². The summed E-state index contributed by atoms with van der Waals surface area (Å²) in [5, 5.41) is 2.91. The van der Waals surface area contributed by atoms with Crippen molar-refractivity contribution < 1.29 is 9.18 Å². The maximum Gasteiger partial charge on any atom is 0.251 e. The second-order valence-electron chi connectivity index (χ2n) is 6.82. The van der Waals surface area contributed by atoms with Crippen molar-refractivity contribution in [1.82, 2.24) is 15.1 Å². The van der Waals surface area contributed by atoms with Crippen molar-refractivity contribution in [2.24, 2.45) is 0 Å². The van der Waals surface area contributed by atoms with Gasteiger partial charge >= 0.3 is 0 Å². The first-order valence-corrected chi connectivity index (χ1v) is 10.1. The monoisotopic (exact) mass is 433 g/mol.